The molecule has 0 aromatic rings. The normalized spacial score (nSPS) is 47.8. The standard InChI is InChI=1S/C37H60O8/c1-21-18-23(30(32(3,4)5)43-22(2)38)44-28-27(21)34(8)16-17-37-19-36(37)15-14-26(45-31(41-11)42-20-40-10)33(6,7)24(36)12-13-25(37)35(34,9)29(28)39/h21,23-28,30-31H,12-20H2,1-11H3/t21-,23-,24+,25+,26?,27+,28+,30+,31+,34-,35-,36?,37+/m1/s1. The van der Waals surface area contributed by atoms with Gasteiger partial charge in [-0.05, 0) is 90.8 Å². The van der Waals surface area contributed by atoms with Crippen LogP contribution in [0.5, 0.6) is 0 Å². The largest absolute Gasteiger partial charge is 0.459 e. The fourth-order valence-electron chi connectivity index (χ4n) is 12.9. The molecule has 6 rings (SSSR count). The molecule has 6 aliphatic rings. The molecule has 0 aromatic heterocycles. The molecule has 0 amide bonds. The van der Waals surface area contributed by atoms with E-state index in [9.17, 15) is 9.59 Å². The summed E-state index contributed by atoms with van der Waals surface area (Å²) in [6, 6.07) is 0. The number of ether oxygens (including phenoxy) is 6. The Morgan fingerprint density at radius 3 is 2.29 bits per heavy atom. The molecule has 1 saturated heterocycles. The third-order valence-corrected chi connectivity index (χ3v) is 14.8. The lowest BCUT2D eigenvalue weighted by Crippen LogP contribution is -2.59. The maximum Gasteiger partial charge on any atom is 0.303 e. The van der Waals surface area contributed by atoms with E-state index in [0.717, 1.165) is 38.5 Å². The van der Waals surface area contributed by atoms with E-state index in [0.29, 0.717) is 23.5 Å². The van der Waals surface area contributed by atoms with Crippen molar-refractivity contribution >= 4 is 11.8 Å². The number of carbonyl (C=O) groups is 2. The van der Waals surface area contributed by atoms with Crippen molar-refractivity contribution in [1.82, 2.24) is 0 Å². The third kappa shape index (κ3) is 4.61. The highest BCUT2D eigenvalue weighted by atomic mass is 16.9. The molecule has 45 heavy (non-hydrogen) atoms. The van der Waals surface area contributed by atoms with Gasteiger partial charge in [0, 0.05) is 37.9 Å². The fraction of sp³-hybridized carbons (Fsp3) is 0.946. The van der Waals surface area contributed by atoms with Gasteiger partial charge in [0.05, 0.1) is 12.2 Å². The lowest BCUT2D eigenvalue weighted by Gasteiger charge is -2.62. The Kier molecular flexibility index (Phi) is 8.25. The van der Waals surface area contributed by atoms with Crippen molar-refractivity contribution in [2.24, 2.45) is 56.2 Å². The van der Waals surface area contributed by atoms with Crippen LogP contribution in [0.3, 0.4) is 0 Å². The number of carbonyl (C=O) groups excluding carboxylic acids is 2. The quantitative estimate of drug-likeness (QED) is 0.210. The first-order valence-corrected chi connectivity index (χ1v) is 17.6. The Morgan fingerprint density at radius 2 is 1.67 bits per heavy atom. The molecular weight excluding hydrogens is 572 g/mol. The first-order valence-electron chi connectivity index (χ1n) is 17.6. The molecule has 8 heteroatoms. The molecule has 2 spiro atoms. The van der Waals surface area contributed by atoms with Gasteiger partial charge in [0.1, 0.15) is 12.2 Å². The Morgan fingerprint density at radius 1 is 1.00 bits per heavy atom. The van der Waals surface area contributed by atoms with Crippen LogP contribution in [0.2, 0.25) is 0 Å². The van der Waals surface area contributed by atoms with Crippen molar-refractivity contribution in [3.05, 3.63) is 0 Å². The number of rotatable bonds is 8. The summed E-state index contributed by atoms with van der Waals surface area (Å²) >= 11 is 0. The van der Waals surface area contributed by atoms with Crippen LogP contribution in [0.1, 0.15) is 114 Å². The van der Waals surface area contributed by atoms with Crippen LogP contribution in [0, 0.1) is 56.2 Å². The number of methoxy groups -OCH3 is 2. The molecule has 2 unspecified atom stereocenters. The van der Waals surface area contributed by atoms with E-state index in [4.69, 9.17) is 28.4 Å². The van der Waals surface area contributed by atoms with Crippen molar-refractivity contribution in [3.8, 4) is 0 Å². The van der Waals surface area contributed by atoms with Crippen LogP contribution in [0.15, 0.2) is 0 Å². The van der Waals surface area contributed by atoms with E-state index in [2.05, 4.69) is 55.4 Å². The van der Waals surface area contributed by atoms with Crippen LogP contribution in [0.4, 0.5) is 0 Å². The molecule has 256 valence electrons. The predicted octanol–water partition coefficient (Wildman–Crippen LogP) is 6.92. The molecule has 0 aromatic carbocycles. The highest BCUT2D eigenvalue weighted by molar-refractivity contribution is 5.93. The number of Topliss-reactive ketones (excluding diaryl/α,β-unsaturated/α-hetero) is 1. The van der Waals surface area contributed by atoms with Gasteiger partial charge >= 0.3 is 5.97 Å². The van der Waals surface area contributed by atoms with Gasteiger partial charge < -0.3 is 28.4 Å². The van der Waals surface area contributed by atoms with E-state index < -0.39 is 18.0 Å². The number of fused-ring (bicyclic) bond motifs is 4. The molecular formula is C37H60O8. The molecule has 5 aliphatic carbocycles. The molecule has 1 heterocycles. The molecule has 8 nitrogen and oxygen atoms in total. The number of hydrogen-bond acceptors (Lipinski definition) is 8. The lowest BCUT2D eigenvalue weighted by atomic mass is 9.41. The van der Waals surface area contributed by atoms with Crippen LogP contribution in [-0.2, 0) is 38.0 Å². The second-order valence-electron chi connectivity index (χ2n) is 18.0. The number of hydrogen-bond donors (Lipinski definition) is 0. The Hall–Kier alpha value is -1.06. The van der Waals surface area contributed by atoms with Gasteiger partial charge in [-0.2, -0.15) is 0 Å². The summed E-state index contributed by atoms with van der Waals surface area (Å²) < 4.78 is 35.5. The molecule has 0 radical (unpaired) electrons. The molecule has 0 N–H and O–H groups in total. The van der Waals surface area contributed by atoms with E-state index in [1.807, 2.05) is 0 Å². The zero-order valence-electron chi connectivity index (χ0n) is 29.8. The fourth-order valence-corrected chi connectivity index (χ4v) is 12.9. The second kappa shape index (κ2) is 11.0. The molecule has 6 fully saturated rings. The van der Waals surface area contributed by atoms with Crippen LogP contribution in [-0.4, -0.2) is 63.7 Å². The van der Waals surface area contributed by atoms with Crippen molar-refractivity contribution in [1.29, 1.82) is 0 Å². The van der Waals surface area contributed by atoms with E-state index in [1.165, 1.54) is 19.8 Å². The Labute approximate surface area is 271 Å². The number of esters is 1. The molecule has 13 atom stereocenters. The average Bonchev–Trinajstić information content (AvgIpc) is 3.59. The summed E-state index contributed by atoms with van der Waals surface area (Å²) in [5.74, 6) is 1.42. The summed E-state index contributed by atoms with van der Waals surface area (Å²) in [5.41, 5.74) is -0.401. The van der Waals surface area contributed by atoms with Gasteiger partial charge in [0.2, 0.25) is 0 Å². The predicted molar refractivity (Wildman–Crippen MR) is 169 cm³/mol. The van der Waals surface area contributed by atoms with Crippen LogP contribution >= 0.6 is 0 Å². The number of ketones is 1. The maximum atomic E-state index is 15.0. The zero-order chi connectivity index (χ0) is 33.0. The van der Waals surface area contributed by atoms with E-state index in [1.54, 1.807) is 14.2 Å². The summed E-state index contributed by atoms with van der Waals surface area (Å²) in [5, 5.41) is 0. The smallest absolute Gasteiger partial charge is 0.303 e. The van der Waals surface area contributed by atoms with Gasteiger partial charge in [-0.15, -0.1) is 0 Å². The topological polar surface area (TPSA) is 89.5 Å². The second-order valence-corrected chi connectivity index (χ2v) is 18.0. The van der Waals surface area contributed by atoms with Gasteiger partial charge in [0.15, 0.2) is 12.6 Å². The third-order valence-electron chi connectivity index (χ3n) is 14.8. The Bertz CT molecular complexity index is 1180. The summed E-state index contributed by atoms with van der Waals surface area (Å²) in [6.07, 6.45) is 7.51. The van der Waals surface area contributed by atoms with Crippen molar-refractivity contribution in [3.63, 3.8) is 0 Å². The highest BCUT2D eigenvalue weighted by Gasteiger charge is 2.85. The van der Waals surface area contributed by atoms with Crippen molar-refractivity contribution < 1.29 is 38.0 Å². The molecule has 0 bridgehead atoms. The first-order chi connectivity index (χ1) is 20.9. The first kappa shape index (κ1) is 33.8. The van der Waals surface area contributed by atoms with Crippen LogP contribution < -0.4 is 0 Å². The lowest BCUT2D eigenvalue weighted by molar-refractivity contribution is -0.335. The average molecular weight is 633 g/mol. The maximum absolute atomic E-state index is 15.0. The van der Waals surface area contributed by atoms with Crippen molar-refractivity contribution in [2.45, 2.75) is 145 Å². The molecule has 5 saturated carbocycles. The van der Waals surface area contributed by atoms with Gasteiger partial charge in [-0.25, -0.2) is 0 Å². The minimum atomic E-state index is -0.744. The summed E-state index contributed by atoms with van der Waals surface area (Å²) in [7, 11) is 3.21. The summed E-state index contributed by atoms with van der Waals surface area (Å²) in [4.78, 5) is 27.1. The van der Waals surface area contributed by atoms with Crippen LogP contribution in [0.25, 0.3) is 0 Å². The highest BCUT2D eigenvalue weighted by Crippen LogP contribution is 2.89. The Balaban J connectivity index is 1.27. The monoisotopic (exact) mass is 632 g/mol. The molecule has 1 aliphatic heterocycles. The summed E-state index contributed by atoms with van der Waals surface area (Å²) in [6.45, 7) is 19.0. The van der Waals surface area contributed by atoms with Crippen molar-refractivity contribution in [2.75, 3.05) is 21.0 Å². The minimum absolute atomic E-state index is 0.0312. The van der Waals surface area contributed by atoms with Gasteiger partial charge in [0.25, 0.3) is 6.48 Å². The zero-order valence-corrected chi connectivity index (χ0v) is 29.8. The van der Waals surface area contributed by atoms with E-state index >= 15 is 0 Å². The van der Waals surface area contributed by atoms with Gasteiger partial charge in [-0.3, -0.25) is 9.59 Å². The minimum Gasteiger partial charge on any atom is -0.459 e. The SMILES string of the molecule is COCO[C@H](OC)OC1CCC23C[C@]24CC[C@]2(C)[C@H]5[C@H](C)C[C@H]([C@H](OC(C)=O)C(C)(C)C)O[C@@H]5C(=O)[C@@]2(C)[C@@H]4CC[C@H]3C1(C)C. The van der Waals surface area contributed by atoms with E-state index in [-0.39, 0.29) is 64.1 Å². The van der Waals surface area contributed by atoms with Gasteiger partial charge in [-0.1, -0.05) is 55.4 Å².